The van der Waals surface area contributed by atoms with Gasteiger partial charge < -0.3 is 5.11 Å². The fraction of sp³-hybridized carbons (Fsp3) is 0.917. The molecule has 1 fully saturated rings. The Bertz CT molecular complexity index is 226. The van der Waals surface area contributed by atoms with Crippen molar-refractivity contribution in [3.63, 3.8) is 0 Å². The van der Waals surface area contributed by atoms with Gasteiger partial charge in [0, 0.05) is 0 Å². The normalized spacial score (nSPS) is 23.7. The standard InChI is InChI=1S/C12H21FO2/c1-11(2)5-7-12(8-6-11,10(14)15)4-3-9-13/h3-9H2,1-2H3,(H,14,15). The lowest BCUT2D eigenvalue weighted by Gasteiger charge is -2.40. The summed E-state index contributed by atoms with van der Waals surface area (Å²) < 4.78 is 12.1. The lowest BCUT2D eigenvalue weighted by atomic mass is 9.63. The molecule has 0 saturated heterocycles. The summed E-state index contributed by atoms with van der Waals surface area (Å²) in [5, 5.41) is 9.26. The van der Waals surface area contributed by atoms with E-state index in [9.17, 15) is 14.3 Å². The molecule has 15 heavy (non-hydrogen) atoms. The second kappa shape index (κ2) is 4.50. The molecule has 0 amide bonds. The fourth-order valence-electron chi connectivity index (χ4n) is 2.38. The Morgan fingerprint density at radius 3 is 2.20 bits per heavy atom. The molecule has 1 saturated carbocycles. The van der Waals surface area contributed by atoms with Crippen molar-refractivity contribution >= 4 is 5.97 Å². The van der Waals surface area contributed by atoms with E-state index in [4.69, 9.17) is 0 Å². The summed E-state index contributed by atoms with van der Waals surface area (Å²) in [5.41, 5.74) is -0.379. The number of rotatable bonds is 4. The predicted octanol–water partition coefficient (Wildman–Crippen LogP) is 3.41. The second-order valence-corrected chi connectivity index (χ2v) is 5.54. The van der Waals surface area contributed by atoms with Crippen LogP contribution in [0.25, 0.3) is 0 Å². The Hall–Kier alpha value is -0.600. The first-order chi connectivity index (χ1) is 6.92. The van der Waals surface area contributed by atoms with Crippen molar-refractivity contribution in [2.45, 2.75) is 52.4 Å². The topological polar surface area (TPSA) is 37.3 Å². The number of hydrogen-bond donors (Lipinski definition) is 1. The maximum atomic E-state index is 12.1. The summed E-state index contributed by atoms with van der Waals surface area (Å²) >= 11 is 0. The average Bonchev–Trinajstić information content (AvgIpc) is 2.16. The van der Waals surface area contributed by atoms with Crippen LogP contribution in [0, 0.1) is 10.8 Å². The van der Waals surface area contributed by atoms with Crippen LogP contribution in [0.15, 0.2) is 0 Å². The third kappa shape index (κ3) is 2.93. The highest BCUT2D eigenvalue weighted by Crippen LogP contribution is 2.47. The molecule has 0 heterocycles. The molecule has 0 unspecified atom stereocenters. The quantitative estimate of drug-likeness (QED) is 0.782. The van der Waals surface area contributed by atoms with Crippen LogP contribution in [-0.4, -0.2) is 17.8 Å². The lowest BCUT2D eigenvalue weighted by Crippen LogP contribution is -2.37. The average molecular weight is 216 g/mol. The molecular weight excluding hydrogens is 195 g/mol. The van der Waals surface area contributed by atoms with Gasteiger partial charge in [-0.15, -0.1) is 0 Å². The van der Waals surface area contributed by atoms with E-state index in [0.717, 1.165) is 12.8 Å². The highest BCUT2D eigenvalue weighted by molar-refractivity contribution is 5.74. The molecule has 88 valence electrons. The van der Waals surface area contributed by atoms with Crippen LogP contribution < -0.4 is 0 Å². The van der Waals surface area contributed by atoms with Gasteiger partial charge in [0.1, 0.15) is 0 Å². The Morgan fingerprint density at radius 1 is 1.27 bits per heavy atom. The SMILES string of the molecule is CC1(C)CCC(CCCF)(C(=O)O)CC1. The van der Waals surface area contributed by atoms with Crippen LogP contribution >= 0.6 is 0 Å². The molecule has 1 N–H and O–H groups in total. The first-order valence-corrected chi connectivity index (χ1v) is 5.71. The summed E-state index contributed by atoms with van der Waals surface area (Å²) in [4.78, 5) is 11.3. The summed E-state index contributed by atoms with van der Waals surface area (Å²) in [5.74, 6) is -0.730. The minimum absolute atomic E-state index is 0.259. The van der Waals surface area contributed by atoms with Crippen molar-refractivity contribution in [1.82, 2.24) is 0 Å². The van der Waals surface area contributed by atoms with E-state index in [2.05, 4.69) is 13.8 Å². The van der Waals surface area contributed by atoms with Crippen LogP contribution in [0.1, 0.15) is 52.4 Å². The molecule has 0 aromatic carbocycles. The maximum absolute atomic E-state index is 12.1. The van der Waals surface area contributed by atoms with Gasteiger partial charge in [-0.25, -0.2) is 0 Å². The van der Waals surface area contributed by atoms with E-state index < -0.39 is 18.1 Å². The van der Waals surface area contributed by atoms with Gasteiger partial charge in [-0.2, -0.15) is 0 Å². The second-order valence-electron chi connectivity index (χ2n) is 5.54. The molecule has 1 aliphatic carbocycles. The number of halogens is 1. The molecule has 1 aliphatic rings. The van der Waals surface area contributed by atoms with Gasteiger partial charge in [0.15, 0.2) is 0 Å². The van der Waals surface area contributed by atoms with E-state index in [0.29, 0.717) is 25.7 Å². The van der Waals surface area contributed by atoms with E-state index >= 15 is 0 Å². The highest BCUT2D eigenvalue weighted by atomic mass is 19.1. The van der Waals surface area contributed by atoms with Crippen LogP contribution in [0.4, 0.5) is 4.39 Å². The Labute approximate surface area is 90.9 Å². The fourth-order valence-corrected chi connectivity index (χ4v) is 2.38. The summed E-state index contributed by atoms with van der Waals surface area (Å²) in [6.45, 7) is 3.94. The lowest BCUT2D eigenvalue weighted by molar-refractivity contribution is -0.153. The number of alkyl halides is 1. The molecule has 0 atom stereocenters. The van der Waals surface area contributed by atoms with E-state index in [-0.39, 0.29) is 5.41 Å². The maximum Gasteiger partial charge on any atom is 0.309 e. The summed E-state index contributed by atoms with van der Waals surface area (Å²) in [7, 11) is 0. The molecule has 3 heteroatoms. The van der Waals surface area contributed by atoms with Gasteiger partial charge in [-0.1, -0.05) is 13.8 Å². The number of hydrogen-bond acceptors (Lipinski definition) is 1. The smallest absolute Gasteiger partial charge is 0.309 e. The van der Waals surface area contributed by atoms with Crippen LogP contribution in [0.3, 0.4) is 0 Å². The number of carbonyl (C=O) groups is 1. The van der Waals surface area contributed by atoms with Gasteiger partial charge >= 0.3 is 5.97 Å². The number of aliphatic carboxylic acids is 1. The summed E-state index contributed by atoms with van der Waals surface area (Å²) in [6.07, 6.45) is 4.16. The molecule has 0 aromatic rings. The van der Waals surface area contributed by atoms with Gasteiger partial charge in [0.05, 0.1) is 12.1 Å². The zero-order chi connectivity index (χ0) is 11.5. The van der Waals surface area contributed by atoms with Crippen LogP contribution in [-0.2, 0) is 4.79 Å². The van der Waals surface area contributed by atoms with E-state index in [1.165, 1.54) is 0 Å². The zero-order valence-corrected chi connectivity index (χ0v) is 9.68. The molecule has 0 radical (unpaired) electrons. The largest absolute Gasteiger partial charge is 0.481 e. The molecule has 0 aliphatic heterocycles. The summed E-state index contributed by atoms with van der Waals surface area (Å²) in [6, 6.07) is 0. The number of carboxylic acid groups (broad SMARTS) is 1. The van der Waals surface area contributed by atoms with Crippen molar-refractivity contribution in [2.75, 3.05) is 6.67 Å². The van der Waals surface area contributed by atoms with Crippen molar-refractivity contribution in [3.8, 4) is 0 Å². The molecule has 0 spiro atoms. The third-order valence-corrected chi connectivity index (χ3v) is 3.80. The molecule has 1 rings (SSSR count). The number of carboxylic acids is 1. The van der Waals surface area contributed by atoms with Gasteiger partial charge in [-0.05, 0) is 43.9 Å². The minimum Gasteiger partial charge on any atom is -0.481 e. The van der Waals surface area contributed by atoms with Crippen molar-refractivity contribution in [3.05, 3.63) is 0 Å². The first kappa shape index (κ1) is 12.5. The van der Waals surface area contributed by atoms with Crippen LogP contribution in [0.2, 0.25) is 0 Å². The third-order valence-electron chi connectivity index (χ3n) is 3.80. The van der Waals surface area contributed by atoms with Gasteiger partial charge in [0.2, 0.25) is 0 Å². The predicted molar refractivity (Wildman–Crippen MR) is 57.5 cm³/mol. The van der Waals surface area contributed by atoms with Crippen molar-refractivity contribution < 1.29 is 14.3 Å². The molecule has 0 bridgehead atoms. The first-order valence-electron chi connectivity index (χ1n) is 5.71. The van der Waals surface area contributed by atoms with E-state index in [1.54, 1.807) is 0 Å². The molecule has 2 nitrogen and oxygen atoms in total. The Kier molecular flexibility index (Phi) is 3.74. The van der Waals surface area contributed by atoms with Gasteiger partial charge in [-0.3, -0.25) is 9.18 Å². The van der Waals surface area contributed by atoms with Crippen molar-refractivity contribution in [1.29, 1.82) is 0 Å². The molecular formula is C12H21FO2. The van der Waals surface area contributed by atoms with Crippen molar-refractivity contribution in [2.24, 2.45) is 10.8 Å². The van der Waals surface area contributed by atoms with Gasteiger partial charge in [0.25, 0.3) is 0 Å². The van der Waals surface area contributed by atoms with E-state index in [1.807, 2.05) is 0 Å². The van der Waals surface area contributed by atoms with Crippen LogP contribution in [0.5, 0.6) is 0 Å². The molecule has 0 aromatic heterocycles. The minimum atomic E-state index is -0.730. The zero-order valence-electron chi connectivity index (χ0n) is 9.68. The monoisotopic (exact) mass is 216 g/mol. The Balaban J connectivity index is 2.65. The highest BCUT2D eigenvalue weighted by Gasteiger charge is 2.43. The Morgan fingerprint density at radius 2 is 1.80 bits per heavy atom.